The zero-order chi connectivity index (χ0) is 14.9. The highest BCUT2D eigenvalue weighted by molar-refractivity contribution is 5.86. The van der Waals surface area contributed by atoms with E-state index in [1.54, 1.807) is 4.90 Å². The van der Waals surface area contributed by atoms with Gasteiger partial charge in [0.05, 0.1) is 18.6 Å². The summed E-state index contributed by atoms with van der Waals surface area (Å²) >= 11 is 0. The highest BCUT2D eigenvalue weighted by atomic mass is 16.5. The van der Waals surface area contributed by atoms with Crippen LogP contribution in [0.2, 0.25) is 0 Å². The third-order valence-electron chi connectivity index (χ3n) is 4.32. The van der Waals surface area contributed by atoms with Gasteiger partial charge in [-0.1, -0.05) is 30.3 Å². The van der Waals surface area contributed by atoms with Crippen molar-refractivity contribution in [3.05, 3.63) is 35.9 Å². The molecular weight excluding hydrogens is 270 g/mol. The van der Waals surface area contributed by atoms with Gasteiger partial charge in [0.1, 0.15) is 0 Å². The van der Waals surface area contributed by atoms with Crippen molar-refractivity contribution < 1.29 is 19.4 Å². The lowest BCUT2D eigenvalue weighted by Crippen LogP contribution is -2.51. The SMILES string of the molecule is O=C(O)[C@@H]1CN(C(=O)C2(Cc3ccccc3)CC2)CCO1. The number of carbonyl (C=O) groups is 2. The van der Waals surface area contributed by atoms with Gasteiger partial charge in [0.25, 0.3) is 0 Å². The van der Waals surface area contributed by atoms with Gasteiger partial charge in [0.15, 0.2) is 6.10 Å². The molecule has 1 heterocycles. The Labute approximate surface area is 123 Å². The van der Waals surface area contributed by atoms with E-state index in [0.29, 0.717) is 13.2 Å². The molecule has 0 bridgehead atoms. The van der Waals surface area contributed by atoms with Gasteiger partial charge in [-0.25, -0.2) is 4.79 Å². The Bertz CT molecular complexity index is 538. The molecule has 1 amide bonds. The molecule has 1 N–H and O–H groups in total. The predicted molar refractivity (Wildman–Crippen MR) is 75.8 cm³/mol. The first-order valence-electron chi connectivity index (χ1n) is 7.28. The van der Waals surface area contributed by atoms with Crippen LogP contribution in [0, 0.1) is 5.41 Å². The van der Waals surface area contributed by atoms with Crippen LogP contribution < -0.4 is 0 Å². The van der Waals surface area contributed by atoms with Crippen molar-refractivity contribution in [3.63, 3.8) is 0 Å². The number of amides is 1. The molecule has 21 heavy (non-hydrogen) atoms. The van der Waals surface area contributed by atoms with E-state index in [2.05, 4.69) is 0 Å². The number of rotatable bonds is 4. The Morgan fingerprint density at radius 2 is 2.00 bits per heavy atom. The van der Waals surface area contributed by atoms with Crippen molar-refractivity contribution in [2.75, 3.05) is 19.7 Å². The van der Waals surface area contributed by atoms with E-state index in [1.165, 1.54) is 0 Å². The number of carboxylic acids is 1. The van der Waals surface area contributed by atoms with Gasteiger partial charge in [-0.3, -0.25) is 4.79 Å². The molecule has 1 aromatic rings. The second kappa shape index (κ2) is 5.48. The van der Waals surface area contributed by atoms with Crippen molar-refractivity contribution in [2.45, 2.75) is 25.4 Å². The largest absolute Gasteiger partial charge is 0.479 e. The van der Waals surface area contributed by atoms with Crippen LogP contribution in [0.25, 0.3) is 0 Å². The van der Waals surface area contributed by atoms with Gasteiger partial charge >= 0.3 is 5.97 Å². The number of carbonyl (C=O) groups excluding carboxylic acids is 1. The topological polar surface area (TPSA) is 66.8 Å². The minimum absolute atomic E-state index is 0.0842. The lowest BCUT2D eigenvalue weighted by atomic mass is 9.94. The van der Waals surface area contributed by atoms with Crippen LogP contribution in [0.4, 0.5) is 0 Å². The molecule has 0 radical (unpaired) electrons. The summed E-state index contributed by atoms with van der Waals surface area (Å²) in [6, 6.07) is 9.99. The van der Waals surface area contributed by atoms with Gasteiger partial charge in [-0.2, -0.15) is 0 Å². The van der Waals surface area contributed by atoms with E-state index < -0.39 is 12.1 Å². The van der Waals surface area contributed by atoms with E-state index in [-0.39, 0.29) is 17.9 Å². The van der Waals surface area contributed by atoms with Crippen molar-refractivity contribution in [1.82, 2.24) is 4.90 Å². The van der Waals surface area contributed by atoms with Gasteiger partial charge in [-0.15, -0.1) is 0 Å². The average Bonchev–Trinajstić information content (AvgIpc) is 3.28. The summed E-state index contributed by atoms with van der Waals surface area (Å²) in [5.74, 6) is -0.915. The van der Waals surface area contributed by atoms with Gasteiger partial charge < -0.3 is 14.7 Å². The number of hydrogen-bond donors (Lipinski definition) is 1. The Balaban J connectivity index is 1.68. The predicted octanol–water partition coefficient (Wildman–Crippen LogP) is 1.32. The van der Waals surface area contributed by atoms with E-state index in [0.717, 1.165) is 24.8 Å². The van der Waals surface area contributed by atoms with Crippen molar-refractivity contribution in [1.29, 1.82) is 0 Å². The fourth-order valence-electron chi connectivity index (χ4n) is 2.92. The average molecular weight is 289 g/mol. The number of morpholine rings is 1. The standard InChI is InChI=1S/C16H19NO4/c18-14(19)13-11-17(8-9-21-13)15(20)16(6-7-16)10-12-4-2-1-3-5-12/h1-5,13H,6-11H2,(H,18,19)/t13-/m0/s1. The third-order valence-corrected chi connectivity index (χ3v) is 4.32. The monoisotopic (exact) mass is 289 g/mol. The molecule has 112 valence electrons. The van der Waals surface area contributed by atoms with Crippen molar-refractivity contribution in [3.8, 4) is 0 Å². The van der Waals surface area contributed by atoms with Crippen molar-refractivity contribution in [2.24, 2.45) is 5.41 Å². The lowest BCUT2D eigenvalue weighted by Gasteiger charge is -2.33. The molecule has 1 atom stereocenters. The molecule has 0 unspecified atom stereocenters. The van der Waals surface area contributed by atoms with Crippen molar-refractivity contribution >= 4 is 11.9 Å². The molecule has 1 aliphatic heterocycles. The zero-order valence-electron chi connectivity index (χ0n) is 11.8. The quantitative estimate of drug-likeness (QED) is 0.908. The zero-order valence-corrected chi connectivity index (χ0v) is 11.8. The molecule has 2 fully saturated rings. The molecule has 1 saturated carbocycles. The number of nitrogens with zero attached hydrogens (tertiary/aromatic N) is 1. The molecule has 2 aliphatic rings. The number of ether oxygens (including phenoxy) is 1. The number of benzene rings is 1. The minimum Gasteiger partial charge on any atom is -0.479 e. The maximum atomic E-state index is 12.7. The molecule has 5 heteroatoms. The Kier molecular flexibility index (Phi) is 3.68. The molecule has 0 aromatic heterocycles. The summed E-state index contributed by atoms with van der Waals surface area (Å²) in [7, 11) is 0. The second-order valence-electron chi connectivity index (χ2n) is 5.89. The number of aliphatic carboxylic acids is 1. The molecule has 3 rings (SSSR count). The molecule has 1 saturated heterocycles. The molecule has 5 nitrogen and oxygen atoms in total. The molecular formula is C16H19NO4. The number of carboxylic acid groups (broad SMARTS) is 1. The molecule has 1 aromatic carbocycles. The first kappa shape index (κ1) is 14.1. The summed E-state index contributed by atoms with van der Waals surface area (Å²) in [6.45, 7) is 0.938. The molecule has 0 spiro atoms. The smallest absolute Gasteiger partial charge is 0.334 e. The highest BCUT2D eigenvalue weighted by Crippen LogP contribution is 2.50. The summed E-state index contributed by atoms with van der Waals surface area (Å²) < 4.78 is 5.18. The first-order chi connectivity index (χ1) is 10.1. The van der Waals surface area contributed by atoms with Gasteiger partial charge in [-0.05, 0) is 24.8 Å². The Morgan fingerprint density at radius 3 is 2.62 bits per heavy atom. The Hall–Kier alpha value is -1.88. The summed E-state index contributed by atoms with van der Waals surface area (Å²) in [4.78, 5) is 25.4. The van der Waals surface area contributed by atoms with Crippen LogP contribution in [-0.2, 0) is 20.7 Å². The van der Waals surface area contributed by atoms with Crippen LogP contribution in [0.15, 0.2) is 30.3 Å². The first-order valence-corrected chi connectivity index (χ1v) is 7.28. The second-order valence-corrected chi connectivity index (χ2v) is 5.89. The fraction of sp³-hybridized carbons (Fsp3) is 0.500. The van der Waals surface area contributed by atoms with Crippen LogP contribution in [0.3, 0.4) is 0 Å². The van der Waals surface area contributed by atoms with E-state index in [9.17, 15) is 9.59 Å². The maximum Gasteiger partial charge on any atom is 0.334 e. The van der Waals surface area contributed by atoms with E-state index >= 15 is 0 Å². The Morgan fingerprint density at radius 1 is 1.29 bits per heavy atom. The lowest BCUT2D eigenvalue weighted by molar-refractivity contribution is -0.161. The van der Waals surface area contributed by atoms with Gasteiger partial charge in [0.2, 0.25) is 5.91 Å². The summed E-state index contributed by atoms with van der Waals surface area (Å²) in [6.07, 6.45) is 1.61. The number of hydrogen-bond acceptors (Lipinski definition) is 3. The fourth-order valence-corrected chi connectivity index (χ4v) is 2.92. The van der Waals surface area contributed by atoms with Crippen LogP contribution in [0.5, 0.6) is 0 Å². The maximum absolute atomic E-state index is 12.7. The van der Waals surface area contributed by atoms with Crippen LogP contribution in [0.1, 0.15) is 18.4 Å². The normalized spacial score (nSPS) is 23.6. The highest BCUT2D eigenvalue weighted by Gasteiger charge is 2.52. The van der Waals surface area contributed by atoms with Crippen LogP contribution >= 0.6 is 0 Å². The van der Waals surface area contributed by atoms with E-state index in [4.69, 9.17) is 9.84 Å². The minimum atomic E-state index is -1.000. The summed E-state index contributed by atoms with van der Waals surface area (Å²) in [5.41, 5.74) is 0.841. The van der Waals surface area contributed by atoms with Gasteiger partial charge in [0, 0.05) is 6.54 Å². The van der Waals surface area contributed by atoms with E-state index in [1.807, 2.05) is 30.3 Å². The summed E-state index contributed by atoms with van der Waals surface area (Å²) in [5, 5.41) is 9.03. The third kappa shape index (κ3) is 2.93. The van der Waals surface area contributed by atoms with Crippen LogP contribution in [-0.4, -0.2) is 47.7 Å². The molecule has 1 aliphatic carbocycles.